The van der Waals surface area contributed by atoms with Gasteiger partial charge in [-0.05, 0) is 32.2 Å². The summed E-state index contributed by atoms with van der Waals surface area (Å²) in [5, 5.41) is 6.41. The molecule has 1 rings (SSSR count). The number of amides is 1. The highest BCUT2D eigenvalue weighted by atomic mass is 35.5. The van der Waals surface area contributed by atoms with Crippen LogP contribution >= 0.6 is 24.0 Å². The van der Waals surface area contributed by atoms with Crippen LogP contribution in [0.1, 0.15) is 17.3 Å². The molecular weight excluding hydrogens is 275 g/mol. The molecule has 0 aliphatic carbocycles. The molecule has 0 radical (unpaired) electrons. The molecule has 18 heavy (non-hydrogen) atoms. The van der Waals surface area contributed by atoms with E-state index in [1.165, 1.54) is 7.11 Å². The van der Waals surface area contributed by atoms with Crippen LogP contribution < -0.4 is 15.4 Å². The summed E-state index contributed by atoms with van der Waals surface area (Å²) in [6.45, 7) is 2.54. The molecule has 1 amide bonds. The maximum Gasteiger partial charge on any atom is 0.255 e. The number of nitrogens with one attached hydrogen (secondary N) is 2. The van der Waals surface area contributed by atoms with E-state index in [1.54, 1.807) is 18.2 Å². The molecule has 0 aliphatic heterocycles. The fraction of sp³-hybridized carbons (Fsp3) is 0.417. The molecular formula is C12H18Cl2N2O2. The summed E-state index contributed by atoms with van der Waals surface area (Å²) >= 11 is 5.83. The Morgan fingerprint density at radius 2 is 2.17 bits per heavy atom. The largest absolute Gasteiger partial charge is 0.496 e. The van der Waals surface area contributed by atoms with Crippen molar-refractivity contribution < 1.29 is 9.53 Å². The van der Waals surface area contributed by atoms with Crippen LogP contribution in [0, 0.1) is 0 Å². The van der Waals surface area contributed by atoms with E-state index in [4.69, 9.17) is 16.3 Å². The van der Waals surface area contributed by atoms with Gasteiger partial charge in [0.15, 0.2) is 0 Å². The van der Waals surface area contributed by atoms with Gasteiger partial charge in [-0.2, -0.15) is 0 Å². The number of benzene rings is 1. The molecule has 0 saturated heterocycles. The van der Waals surface area contributed by atoms with Crippen molar-refractivity contribution in [1.82, 2.24) is 10.6 Å². The zero-order chi connectivity index (χ0) is 12.8. The summed E-state index contributed by atoms with van der Waals surface area (Å²) in [5.41, 5.74) is 0.486. The Morgan fingerprint density at radius 1 is 1.50 bits per heavy atom. The second-order valence-electron chi connectivity index (χ2n) is 3.74. The van der Waals surface area contributed by atoms with Crippen molar-refractivity contribution in [3.8, 4) is 5.75 Å². The van der Waals surface area contributed by atoms with E-state index in [0.29, 0.717) is 22.9 Å². The van der Waals surface area contributed by atoms with Gasteiger partial charge in [0.25, 0.3) is 5.91 Å². The highest BCUT2D eigenvalue weighted by molar-refractivity contribution is 6.30. The predicted octanol–water partition coefficient (Wildman–Crippen LogP) is 2.11. The Labute approximate surface area is 118 Å². The van der Waals surface area contributed by atoms with Crippen molar-refractivity contribution >= 4 is 29.9 Å². The van der Waals surface area contributed by atoms with Gasteiger partial charge in [-0.15, -0.1) is 12.4 Å². The number of ether oxygens (including phenoxy) is 1. The van der Waals surface area contributed by atoms with Crippen molar-refractivity contribution in [1.29, 1.82) is 0 Å². The number of halogens is 2. The maximum atomic E-state index is 11.9. The summed E-state index contributed by atoms with van der Waals surface area (Å²) in [7, 11) is 3.36. The average Bonchev–Trinajstić information content (AvgIpc) is 2.35. The lowest BCUT2D eigenvalue weighted by molar-refractivity contribution is 0.0947. The minimum absolute atomic E-state index is 0. The molecule has 1 unspecified atom stereocenters. The fourth-order valence-electron chi connectivity index (χ4n) is 1.30. The third kappa shape index (κ3) is 4.72. The predicted molar refractivity (Wildman–Crippen MR) is 76.1 cm³/mol. The van der Waals surface area contributed by atoms with Gasteiger partial charge in [0.1, 0.15) is 5.75 Å². The summed E-state index contributed by atoms with van der Waals surface area (Å²) in [6.07, 6.45) is 0. The lowest BCUT2D eigenvalue weighted by atomic mass is 10.2. The number of carbonyl (C=O) groups is 1. The molecule has 0 saturated carbocycles. The van der Waals surface area contributed by atoms with E-state index in [2.05, 4.69) is 10.6 Å². The van der Waals surface area contributed by atoms with E-state index in [1.807, 2.05) is 14.0 Å². The van der Waals surface area contributed by atoms with E-state index in [-0.39, 0.29) is 24.4 Å². The second kappa shape index (κ2) is 8.19. The molecule has 102 valence electrons. The van der Waals surface area contributed by atoms with Crippen molar-refractivity contribution in [3.63, 3.8) is 0 Å². The van der Waals surface area contributed by atoms with Gasteiger partial charge < -0.3 is 15.4 Å². The van der Waals surface area contributed by atoms with Crippen LogP contribution in [0.4, 0.5) is 0 Å². The van der Waals surface area contributed by atoms with Gasteiger partial charge in [-0.1, -0.05) is 11.6 Å². The van der Waals surface area contributed by atoms with Crippen molar-refractivity contribution in [2.24, 2.45) is 0 Å². The molecule has 0 bridgehead atoms. The first kappa shape index (κ1) is 17.0. The van der Waals surface area contributed by atoms with Crippen LogP contribution in [0.25, 0.3) is 0 Å². The second-order valence-corrected chi connectivity index (χ2v) is 4.18. The highest BCUT2D eigenvalue weighted by Crippen LogP contribution is 2.22. The lowest BCUT2D eigenvalue weighted by Gasteiger charge is -2.13. The number of carbonyl (C=O) groups excluding carboxylic acids is 1. The number of hydrogen-bond acceptors (Lipinski definition) is 3. The molecule has 0 spiro atoms. The molecule has 1 atom stereocenters. The van der Waals surface area contributed by atoms with Crippen molar-refractivity contribution in [2.75, 3.05) is 20.7 Å². The average molecular weight is 293 g/mol. The topological polar surface area (TPSA) is 50.4 Å². The Kier molecular flexibility index (Phi) is 7.75. The van der Waals surface area contributed by atoms with Gasteiger partial charge in [0, 0.05) is 17.6 Å². The van der Waals surface area contributed by atoms with Gasteiger partial charge in [-0.25, -0.2) is 0 Å². The Morgan fingerprint density at radius 3 is 2.72 bits per heavy atom. The molecule has 1 aromatic rings. The zero-order valence-electron chi connectivity index (χ0n) is 10.6. The van der Waals surface area contributed by atoms with Crippen LogP contribution in [0.3, 0.4) is 0 Å². The number of likely N-dealkylation sites (N-methyl/N-ethyl adjacent to an activating group) is 1. The van der Waals surface area contributed by atoms with Crippen LogP contribution in [-0.2, 0) is 0 Å². The number of hydrogen-bond donors (Lipinski definition) is 2. The van der Waals surface area contributed by atoms with E-state index in [0.717, 1.165) is 0 Å². The van der Waals surface area contributed by atoms with E-state index < -0.39 is 0 Å². The molecule has 0 aromatic heterocycles. The Balaban J connectivity index is 0.00000289. The smallest absolute Gasteiger partial charge is 0.255 e. The number of rotatable bonds is 5. The Hall–Kier alpha value is -0.970. The maximum absolute atomic E-state index is 11.9. The molecule has 6 heteroatoms. The van der Waals surface area contributed by atoms with Crippen molar-refractivity contribution in [2.45, 2.75) is 13.0 Å². The van der Waals surface area contributed by atoms with Gasteiger partial charge in [0.05, 0.1) is 12.7 Å². The first-order chi connectivity index (χ1) is 8.08. The summed E-state index contributed by atoms with van der Waals surface area (Å²) in [5.74, 6) is 0.313. The lowest BCUT2D eigenvalue weighted by Crippen LogP contribution is -2.37. The molecule has 4 nitrogen and oxygen atoms in total. The molecule has 0 fully saturated rings. The third-order valence-electron chi connectivity index (χ3n) is 2.47. The summed E-state index contributed by atoms with van der Waals surface area (Å²) in [6, 6.07) is 5.16. The zero-order valence-corrected chi connectivity index (χ0v) is 12.2. The minimum Gasteiger partial charge on any atom is -0.496 e. The van der Waals surface area contributed by atoms with E-state index in [9.17, 15) is 4.79 Å². The fourth-order valence-corrected chi connectivity index (χ4v) is 1.46. The molecule has 1 aromatic carbocycles. The first-order valence-corrected chi connectivity index (χ1v) is 5.75. The molecule has 0 heterocycles. The van der Waals surface area contributed by atoms with Crippen LogP contribution in [0.15, 0.2) is 18.2 Å². The van der Waals surface area contributed by atoms with Crippen molar-refractivity contribution in [3.05, 3.63) is 28.8 Å². The third-order valence-corrected chi connectivity index (χ3v) is 2.70. The molecule has 2 N–H and O–H groups in total. The normalized spacial score (nSPS) is 11.3. The Bertz CT molecular complexity index is 400. The molecule has 0 aliphatic rings. The van der Waals surface area contributed by atoms with Crippen LogP contribution in [-0.4, -0.2) is 32.7 Å². The summed E-state index contributed by atoms with van der Waals surface area (Å²) < 4.78 is 5.12. The van der Waals surface area contributed by atoms with Gasteiger partial charge in [-0.3, -0.25) is 4.79 Å². The summed E-state index contributed by atoms with van der Waals surface area (Å²) in [4.78, 5) is 11.9. The first-order valence-electron chi connectivity index (χ1n) is 5.37. The van der Waals surface area contributed by atoms with Crippen LogP contribution in [0.5, 0.6) is 5.75 Å². The van der Waals surface area contributed by atoms with Gasteiger partial charge in [0.2, 0.25) is 0 Å². The number of methoxy groups -OCH3 is 1. The SMILES string of the molecule is CNC(C)CNC(=O)c1ccc(Cl)cc1OC.Cl. The van der Waals surface area contributed by atoms with E-state index >= 15 is 0 Å². The van der Waals surface area contributed by atoms with Crippen LogP contribution in [0.2, 0.25) is 5.02 Å². The standard InChI is InChI=1S/C12H17ClN2O2.ClH/c1-8(14-2)7-15-12(16)10-5-4-9(13)6-11(10)17-3;/h4-6,8,14H,7H2,1-3H3,(H,15,16);1H. The minimum atomic E-state index is -0.166. The monoisotopic (exact) mass is 292 g/mol. The highest BCUT2D eigenvalue weighted by Gasteiger charge is 2.12. The van der Waals surface area contributed by atoms with Gasteiger partial charge >= 0.3 is 0 Å². The quantitative estimate of drug-likeness (QED) is 0.874.